The number of esters is 1. The molecule has 3 N–H and O–H groups in total. The number of hydrogen-bond acceptors (Lipinski definition) is 8. The summed E-state index contributed by atoms with van der Waals surface area (Å²) < 4.78 is 32.9. The van der Waals surface area contributed by atoms with E-state index in [2.05, 4.69) is 18.4 Å². The summed E-state index contributed by atoms with van der Waals surface area (Å²) in [6.45, 7) is 3.45. The Bertz CT molecular complexity index is 577. The molecule has 38 heavy (non-hydrogen) atoms. The Morgan fingerprint density at radius 1 is 0.711 bits per heavy atom. The molecular formula is C28H57O9P. The largest absolute Gasteiger partial charge is 0.472 e. The number of carbonyl (C=O) groups is 1. The highest BCUT2D eigenvalue weighted by Crippen LogP contribution is 2.43. The van der Waals surface area contributed by atoms with E-state index in [-0.39, 0.29) is 25.6 Å². The van der Waals surface area contributed by atoms with Gasteiger partial charge >= 0.3 is 13.8 Å². The van der Waals surface area contributed by atoms with Crippen LogP contribution in [0.5, 0.6) is 0 Å². The van der Waals surface area contributed by atoms with E-state index >= 15 is 0 Å². The summed E-state index contributed by atoms with van der Waals surface area (Å²) in [6, 6.07) is 0. The van der Waals surface area contributed by atoms with Gasteiger partial charge in [0.1, 0.15) is 12.2 Å². The van der Waals surface area contributed by atoms with Gasteiger partial charge in [-0.25, -0.2) is 4.57 Å². The summed E-state index contributed by atoms with van der Waals surface area (Å²) in [5.74, 6) is -0.387. The van der Waals surface area contributed by atoms with Gasteiger partial charge in [-0.15, -0.1) is 0 Å². The van der Waals surface area contributed by atoms with Gasteiger partial charge in [-0.3, -0.25) is 13.8 Å². The minimum Gasteiger partial charge on any atom is -0.457 e. The number of rotatable bonds is 29. The van der Waals surface area contributed by atoms with Crippen LogP contribution in [0.3, 0.4) is 0 Å². The van der Waals surface area contributed by atoms with E-state index < -0.39 is 33.2 Å². The third kappa shape index (κ3) is 25.7. The molecule has 0 aliphatic carbocycles. The Morgan fingerprint density at radius 2 is 1.18 bits per heavy atom. The highest BCUT2D eigenvalue weighted by Gasteiger charge is 2.26. The predicted octanol–water partition coefficient (Wildman–Crippen LogP) is 6.46. The predicted molar refractivity (Wildman–Crippen MR) is 150 cm³/mol. The average molecular weight is 569 g/mol. The zero-order valence-corrected chi connectivity index (χ0v) is 25.1. The van der Waals surface area contributed by atoms with Gasteiger partial charge in [0.05, 0.1) is 26.4 Å². The summed E-state index contributed by atoms with van der Waals surface area (Å²) >= 11 is 0. The molecule has 9 nitrogen and oxygen atoms in total. The number of hydrogen-bond donors (Lipinski definition) is 3. The lowest BCUT2D eigenvalue weighted by Gasteiger charge is -2.20. The summed E-state index contributed by atoms with van der Waals surface area (Å²) in [4.78, 5) is 22.2. The van der Waals surface area contributed by atoms with Crippen LogP contribution in [0.25, 0.3) is 0 Å². The van der Waals surface area contributed by atoms with Crippen molar-refractivity contribution in [2.24, 2.45) is 0 Å². The van der Waals surface area contributed by atoms with E-state index in [4.69, 9.17) is 19.1 Å². The maximum Gasteiger partial charge on any atom is 0.472 e. The van der Waals surface area contributed by atoms with E-state index in [9.17, 15) is 19.4 Å². The molecule has 0 saturated heterocycles. The third-order valence-corrected chi connectivity index (χ3v) is 7.24. The van der Waals surface area contributed by atoms with Crippen molar-refractivity contribution in [3.8, 4) is 0 Å². The average Bonchev–Trinajstić information content (AvgIpc) is 2.90. The zero-order valence-electron chi connectivity index (χ0n) is 24.2. The van der Waals surface area contributed by atoms with Crippen LogP contribution in [0.2, 0.25) is 0 Å². The molecule has 0 fully saturated rings. The van der Waals surface area contributed by atoms with Crippen LogP contribution in [0.1, 0.15) is 129 Å². The molecular weight excluding hydrogens is 511 g/mol. The maximum absolute atomic E-state index is 12.4. The highest BCUT2D eigenvalue weighted by molar-refractivity contribution is 7.47. The first kappa shape index (κ1) is 37.5. The molecule has 0 aromatic heterocycles. The molecule has 0 aliphatic heterocycles. The highest BCUT2D eigenvalue weighted by atomic mass is 31.2. The molecule has 0 spiro atoms. The third-order valence-electron chi connectivity index (χ3n) is 6.29. The van der Waals surface area contributed by atoms with Crippen molar-refractivity contribution in [2.75, 3.05) is 33.0 Å². The first-order valence-corrected chi connectivity index (χ1v) is 16.5. The Balaban J connectivity index is 4.34. The summed E-state index contributed by atoms with van der Waals surface area (Å²) in [7, 11) is -4.48. The molecule has 3 unspecified atom stereocenters. The van der Waals surface area contributed by atoms with Crippen LogP contribution in [-0.4, -0.2) is 66.3 Å². The summed E-state index contributed by atoms with van der Waals surface area (Å²) in [5.41, 5.74) is 0. The van der Waals surface area contributed by atoms with Crippen molar-refractivity contribution in [3.05, 3.63) is 0 Å². The SMILES string of the molecule is CCCCCCCCCCCC(=O)OC(COCCCCCCCCCC)COP(=O)(O)OCC(O)CO. The minimum absolute atomic E-state index is 0.0548. The molecule has 0 bridgehead atoms. The molecule has 228 valence electrons. The van der Waals surface area contributed by atoms with Crippen LogP contribution in [-0.2, 0) is 27.9 Å². The topological polar surface area (TPSA) is 132 Å². The van der Waals surface area contributed by atoms with Crippen molar-refractivity contribution in [2.45, 2.75) is 142 Å². The van der Waals surface area contributed by atoms with Gasteiger partial charge in [0, 0.05) is 13.0 Å². The molecule has 0 rings (SSSR count). The second-order valence-electron chi connectivity index (χ2n) is 10.1. The van der Waals surface area contributed by atoms with Crippen LogP contribution >= 0.6 is 7.82 Å². The lowest BCUT2D eigenvalue weighted by atomic mass is 10.1. The van der Waals surface area contributed by atoms with Gasteiger partial charge in [0.15, 0.2) is 0 Å². The Morgan fingerprint density at radius 3 is 1.71 bits per heavy atom. The zero-order chi connectivity index (χ0) is 28.3. The van der Waals surface area contributed by atoms with Gasteiger partial charge in [0.2, 0.25) is 0 Å². The van der Waals surface area contributed by atoms with Gasteiger partial charge in [-0.2, -0.15) is 0 Å². The quantitative estimate of drug-likeness (QED) is 0.0528. The monoisotopic (exact) mass is 568 g/mol. The standard InChI is InChI=1S/C28H57O9P/c1-3-5-7-9-11-13-14-16-18-20-28(31)37-27(25-36-38(32,33)35-23-26(30)22-29)24-34-21-19-17-15-12-10-8-6-4-2/h26-27,29-30H,3-25H2,1-2H3,(H,32,33). The number of phosphoric acid groups is 1. The second kappa shape index (κ2) is 26.7. The Hall–Kier alpha value is -0.540. The molecule has 0 aliphatic rings. The number of aliphatic hydroxyl groups is 2. The normalized spacial score (nSPS) is 14.8. The Kier molecular flexibility index (Phi) is 26.3. The first-order chi connectivity index (χ1) is 18.3. The fraction of sp³-hybridized carbons (Fsp3) is 0.964. The van der Waals surface area contributed by atoms with E-state index in [1.807, 2.05) is 0 Å². The molecule has 3 atom stereocenters. The van der Waals surface area contributed by atoms with Crippen molar-refractivity contribution in [1.29, 1.82) is 0 Å². The van der Waals surface area contributed by atoms with E-state index in [1.54, 1.807) is 0 Å². The molecule has 0 radical (unpaired) electrons. The molecule has 0 saturated carbocycles. The van der Waals surface area contributed by atoms with Crippen LogP contribution in [0.15, 0.2) is 0 Å². The summed E-state index contributed by atoms with van der Waals surface area (Å²) in [5, 5.41) is 18.1. The summed E-state index contributed by atoms with van der Waals surface area (Å²) in [6.07, 6.45) is 17.9. The fourth-order valence-corrected chi connectivity index (χ4v) is 4.73. The lowest BCUT2D eigenvalue weighted by molar-refractivity contribution is -0.154. The lowest BCUT2D eigenvalue weighted by Crippen LogP contribution is -2.29. The van der Waals surface area contributed by atoms with Crippen LogP contribution in [0.4, 0.5) is 0 Å². The number of unbranched alkanes of at least 4 members (excludes halogenated alkanes) is 15. The number of ether oxygens (including phenoxy) is 2. The Labute approximate surface area is 231 Å². The van der Waals surface area contributed by atoms with Gasteiger partial charge in [-0.1, -0.05) is 110 Å². The minimum atomic E-state index is -4.48. The van der Waals surface area contributed by atoms with E-state index in [0.717, 1.165) is 38.5 Å². The molecule has 10 heteroatoms. The van der Waals surface area contributed by atoms with Crippen LogP contribution in [0, 0.1) is 0 Å². The second-order valence-corrected chi connectivity index (χ2v) is 11.6. The van der Waals surface area contributed by atoms with E-state index in [1.165, 1.54) is 70.6 Å². The number of aliphatic hydroxyl groups excluding tert-OH is 2. The number of carbonyl (C=O) groups excluding carboxylic acids is 1. The first-order valence-electron chi connectivity index (χ1n) is 15.0. The van der Waals surface area contributed by atoms with Gasteiger partial charge in [-0.05, 0) is 12.8 Å². The maximum atomic E-state index is 12.4. The van der Waals surface area contributed by atoms with Crippen molar-refractivity contribution in [3.63, 3.8) is 0 Å². The molecule has 0 amide bonds. The van der Waals surface area contributed by atoms with Crippen LogP contribution < -0.4 is 0 Å². The van der Waals surface area contributed by atoms with E-state index in [0.29, 0.717) is 6.61 Å². The van der Waals surface area contributed by atoms with Gasteiger partial charge < -0.3 is 24.6 Å². The van der Waals surface area contributed by atoms with Crippen molar-refractivity contribution in [1.82, 2.24) is 0 Å². The fourth-order valence-electron chi connectivity index (χ4n) is 3.94. The molecule has 0 aromatic carbocycles. The van der Waals surface area contributed by atoms with Crippen molar-refractivity contribution >= 4 is 13.8 Å². The number of phosphoric ester groups is 1. The smallest absolute Gasteiger partial charge is 0.457 e. The van der Waals surface area contributed by atoms with Crippen molar-refractivity contribution < 1.29 is 43.0 Å². The van der Waals surface area contributed by atoms with Gasteiger partial charge in [0.25, 0.3) is 0 Å². The molecule has 0 aromatic rings. The molecule has 0 heterocycles.